The third kappa shape index (κ3) is 2.02. The first-order valence-electron chi connectivity index (χ1n) is 6.41. The van der Waals surface area contributed by atoms with Crippen molar-refractivity contribution in [3.05, 3.63) is 29.6 Å². The molecule has 0 aliphatic carbocycles. The summed E-state index contributed by atoms with van der Waals surface area (Å²) in [4.78, 5) is 4.66. The molecule has 1 saturated heterocycles. The number of alkyl halides is 1. The fraction of sp³-hybridized carbons (Fsp3) is 0.500. The van der Waals surface area contributed by atoms with Crippen molar-refractivity contribution >= 4 is 22.6 Å². The largest absolute Gasteiger partial charge is 0.381 e. The van der Waals surface area contributed by atoms with Gasteiger partial charge in [0, 0.05) is 19.3 Å². The van der Waals surface area contributed by atoms with Crippen molar-refractivity contribution in [1.82, 2.24) is 9.55 Å². The molecular weight excluding hydrogens is 248 g/mol. The number of ether oxygens (including phenoxy) is 1. The number of hydrogen-bond donors (Lipinski definition) is 0. The van der Waals surface area contributed by atoms with E-state index in [1.807, 2.05) is 0 Å². The van der Waals surface area contributed by atoms with Gasteiger partial charge in [-0.15, -0.1) is 11.6 Å². The Labute approximate surface area is 112 Å². The predicted octanol–water partition coefficient (Wildman–Crippen LogP) is 3.44. The standard InChI is InChI=1S/C14H17ClN2O/c1-10-2-3-13-12(8-10)16-14(9-15)17(13)11-4-6-18-7-5-11/h2-3,8,11H,4-7,9H2,1H3. The lowest BCUT2D eigenvalue weighted by atomic mass is 10.1. The Kier molecular flexibility index (Phi) is 3.27. The van der Waals surface area contributed by atoms with Gasteiger partial charge in [0.15, 0.2) is 0 Å². The summed E-state index contributed by atoms with van der Waals surface area (Å²) in [5, 5.41) is 0. The molecule has 1 aliphatic heterocycles. The second-order valence-corrected chi connectivity index (χ2v) is 5.13. The molecule has 4 heteroatoms. The highest BCUT2D eigenvalue weighted by Crippen LogP contribution is 2.29. The van der Waals surface area contributed by atoms with E-state index in [-0.39, 0.29) is 0 Å². The topological polar surface area (TPSA) is 27.1 Å². The van der Waals surface area contributed by atoms with Gasteiger partial charge in [-0.3, -0.25) is 0 Å². The number of benzene rings is 1. The van der Waals surface area contributed by atoms with Gasteiger partial charge in [0.2, 0.25) is 0 Å². The lowest BCUT2D eigenvalue weighted by Gasteiger charge is -2.25. The molecule has 0 spiro atoms. The van der Waals surface area contributed by atoms with Crippen molar-refractivity contribution in [2.45, 2.75) is 31.7 Å². The first kappa shape index (κ1) is 12.0. The van der Waals surface area contributed by atoms with Crippen LogP contribution in [0.5, 0.6) is 0 Å². The molecule has 0 N–H and O–H groups in total. The van der Waals surface area contributed by atoms with E-state index in [9.17, 15) is 0 Å². The molecule has 3 nitrogen and oxygen atoms in total. The third-order valence-electron chi connectivity index (χ3n) is 3.59. The van der Waals surface area contributed by atoms with E-state index in [0.717, 1.165) is 37.4 Å². The predicted molar refractivity (Wildman–Crippen MR) is 73.1 cm³/mol. The van der Waals surface area contributed by atoms with Crippen molar-refractivity contribution in [3.8, 4) is 0 Å². The zero-order valence-electron chi connectivity index (χ0n) is 10.5. The highest BCUT2D eigenvalue weighted by molar-refractivity contribution is 6.16. The van der Waals surface area contributed by atoms with Gasteiger partial charge in [-0.05, 0) is 37.5 Å². The molecule has 0 atom stereocenters. The Morgan fingerprint density at radius 1 is 1.39 bits per heavy atom. The van der Waals surface area contributed by atoms with E-state index in [1.54, 1.807) is 0 Å². The molecule has 0 bridgehead atoms. The molecule has 96 valence electrons. The van der Waals surface area contributed by atoms with E-state index in [1.165, 1.54) is 11.1 Å². The van der Waals surface area contributed by atoms with Gasteiger partial charge in [0.1, 0.15) is 5.82 Å². The fourth-order valence-corrected chi connectivity index (χ4v) is 2.89. The van der Waals surface area contributed by atoms with Crippen molar-refractivity contribution in [1.29, 1.82) is 0 Å². The average Bonchev–Trinajstić information content (AvgIpc) is 2.77. The van der Waals surface area contributed by atoms with Crippen molar-refractivity contribution < 1.29 is 4.74 Å². The maximum Gasteiger partial charge on any atom is 0.125 e. The number of rotatable bonds is 2. The van der Waals surface area contributed by atoms with E-state index in [2.05, 4.69) is 34.7 Å². The minimum atomic E-state index is 0.463. The van der Waals surface area contributed by atoms with Crippen molar-refractivity contribution in [3.63, 3.8) is 0 Å². The quantitative estimate of drug-likeness (QED) is 0.777. The monoisotopic (exact) mass is 264 g/mol. The Balaban J connectivity index is 2.12. The summed E-state index contributed by atoms with van der Waals surface area (Å²) in [5.41, 5.74) is 3.49. The van der Waals surface area contributed by atoms with Crippen LogP contribution in [0.4, 0.5) is 0 Å². The van der Waals surface area contributed by atoms with Crippen LogP contribution in [0.25, 0.3) is 11.0 Å². The van der Waals surface area contributed by atoms with Crippen LogP contribution in [0.1, 0.15) is 30.3 Å². The summed E-state index contributed by atoms with van der Waals surface area (Å²) in [6.45, 7) is 3.75. The van der Waals surface area contributed by atoms with Gasteiger partial charge < -0.3 is 9.30 Å². The van der Waals surface area contributed by atoms with Crippen LogP contribution in [-0.2, 0) is 10.6 Å². The molecule has 2 heterocycles. The number of halogens is 1. The molecule has 1 aliphatic rings. The first-order chi connectivity index (χ1) is 8.79. The number of aromatic nitrogens is 2. The molecule has 2 aromatic rings. The molecule has 1 aromatic carbocycles. The Morgan fingerprint density at radius 2 is 2.17 bits per heavy atom. The normalized spacial score (nSPS) is 17.4. The van der Waals surface area contributed by atoms with Gasteiger partial charge in [-0.2, -0.15) is 0 Å². The van der Waals surface area contributed by atoms with Gasteiger partial charge in [0.25, 0.3) is 0 Å². The Morgan fingerprint density at radius 3 is 2.89 bits per heavy atom. The second-order valence-electron chi connectivity index (χ2n) is 4.87. The molecule has 18 heavy (non-hydrogen) atoms. The average molecular weight is 265 g/mol. The molecule has 0 saturated carbocycles. The minimum absolute atomic E-state index is 0.463. The Hall–Kier alpha value is -1.06. The molecule has 0 radical (unpaired) electrons. The van der Waals surface area contributed by atoms with Crippen molar-refractivity contribution in [2.24, 2.45) is 0 Å². The minimum Gasteiger partial charge on any atom is -0.381 e. The summed E-state index contributed by atoms with van der Waals surface area (Å²) in [7, 11) is 0. The zero-order valence-corrected chi connectivity index (χ0v) is 11.3. The number of nitrogens with zero attached hydrogens (tertiary/aromatic N) is 2. The van der Waals surface area contributed by atoms with E-state index < -0.39 is 0 Å². The van der Waals surface area contributed by atoms with Crippen molar-refractivity contribution in [2.75, 3.05) is 13.2 Å². The maximum atomic E-state index is 6.05. The van der Waals surface area contributed by atoms with E-state index in [0.29, 0.717) is 11.9 Å². The summed E-state index contributed by atoms with van der Waals surface area (Å²) in [5.74, 6) is 1.44. The van der Waals surface area contributed by atoms with Gasteiger partial charge >= 0.3 is 0 Å². The Bertz CT molecular complexity index is 558. The van der Waals surface area contributed by atoms with E-state index >= 15 is 0 Å². The molecule has 0 unspecified atom stereocenters. The second kappa shape index (κ2) is 4.90. The molecule has 3 rings (SSSR count). The number of imidazole rings is 1. The lowest BCUT2D eigenvalue weighted by Crippen LogP contribution is -2.20. The SMILES string of the molecule is Cc1ccc2c(c1)nc(CCl)n2C1CCOCC1. The molecule has 1 fully saturated rings. The smallest absolute Gasteiger partial charge is 0.125 e. The molecule has 0 amide bonds. The van der Waals surface area contributed by atoms with Crippen LogP contribution in [0.3, 0.4) is 0 Å². The summed E-state index contributed by atoms with van der Waals surface area (Å²) < 4.78 is 7.75. The third-order valence-corrected chi connectivity index (χ3v) is 3.83. The van der Waals surface area contributed by atoms with Gasteiger partial charge in [-0.25, -0.2) is 4.98 Å². The summed E-state index contributed by atoms with van der Waals surface area (Å²) in [6, 6.07) is 6.89. The van der Waals surface area contributed by atoms with Crippen LogP contribution in [0, 0.1) is 6.92 Å². The highest BCUT2D eigenvalue weighted by atomic mass is 35.5. The number of aryl methyl sites for hydroxylation is 1. The molecular formula is C14H17ClN2O. The summed E-state index contributed by atoms with van der Waals surface area (Å²) >= 11 is 6.05. The lowest BCUT2D eigenvalue weighted by molar-refractivity contribution is 0.0700. The van der Waals surface area contributed by atoms with Crippen LogP contribution in [-0.4, -0.2) is 22.8 Å². The van der Waals surface area contributed by atoms with Gasteiger partial charge in [-0.1, -0.05) is 6.07 Å². The maximum absolute atomic E-state index is 6.05. The van der Waals surface area contributed by atoms with Crippen LogP contribution in [0.2, 0.25) is 0 Å². The number of hydrogen-bond acceptors (Lipinski definition) is 2. The highest BCUT2D eigenvalue weighted by Gasteiger charge is 2.21. The number of fused-ring (bicyclic) bond motifs is 1. The molecule has 1 aromatic heterocycles. The summed E-state index contributed by atoms with van der Waals surface area (Å²) in [6.07, 6.45) is 2.09. The van der Waals surface area contributed by atoms with Crippen LogP contribution >= 0.6 is 11.6 Å². The van der Waals surface area contributed by atoms with Crippen LogP contribution < -0.4 is 0 Å². The zero-order chi connectivity index (χ0) is 12.5. The van der Waals surface area contributed by atoms with Gasteiger partial charge in [0.05, 0.1) is 16.9 Å². The fourth-order valence-electron chi connectivity index (χ4n) is 2.70. The van der Waals surface area contributed by atoms with Crippen LogP contribution in [0.15, 0.2) is 18.2 Å². The first-order valence-corrected chi connectivity index (χ1v) is 6.94. The van der Waals surface area contributed by atoms with E-state index in [4.69, 9.17) is 16.3 Å².